The molecule has 2 aromatic carbocycles. The third-order valence-electron chi connectivity index (χ3n) is 5.46. The minimum Gasteiger partial charge on any atom is -0.493 e. The highest BCUT2D eigenvalue weighted by Crippen LogP contribution is 2.35. The molecule has 0 fully saturated rings. The van der Waals surface area contributed by atoms with Crippen molar-refractivity contribution in [2.24, 2.45) is 0 Å². The van der Waals surface area contributed by atoms with Gasteiger partial charge in [0.15, 0.2) is 11.5 Å². The molecular formula is C25H24N2O4S. The molecule has 0 unspecified atom stereocenters. The summed E-state index contributed by atoms with van der Waals surface area (Å²) in [5.74, 6) is 0.699. The van der Waals surface area contributed by atoms with Crippen LogP contribution in [0.1, 0.15) is 10.4 Å². The molecule has 2 heterocycles. The molecule has 0 atom stereocenters. The minimum atomic E-state index is -0.287. The smallest absolute Gasteiger partial charge is 0.278 e. The number of hydrogen-bond acceptors (Lipinski definition) is 6. The van der Waals surface area contributed by atoms with Gasteiger partial charge in [0.2, 0.25) is 0 Å². The highest BCUT2D eigenvalue weighted by Gasteiger charge is 2.41. The summed E-state index contributed by atoms with van der Waals surface area (Å²) < 4.78 is 10.7. The molecular weight excluding hydrogens is 424 g/mol. The van der Waals surface area contributed by atoms with E-state index in [2.05, 4.69) is 0 Å². The van der Waals surface area contributed by atoms with Gasteiger partial charge in [-0.25, -0.2) is 0 Å². The van der Waals surface area contributed by atoms with Crippen LogP contribution in [0.25, 0.3) is 5.57 Å². The van der Waals surface area contributed by atoms with E-state index in [-0.39, 0.29) is 18.4 Å². The van der Waals surface area contributed by atoms with Crippen molar-refractivity contribution in [2.75, 3.05) is 32.7 Å². The van der Waals surface area contributed by atoms with Crippen molar-refractivity contribution in [1.29, 1.82) is 0 Å². The maximum Gasteiger partial charge on any atom is 0.278 e. The maximum absolute atomic E-state index is 13.4. The summed E-state index contributed by atoms with van der Waals surface area (Å²) in [7, 11) is 4.99. The van der Waals surface area contributed by atoms with E-state index in [1.165, 1.54) is 16.2 Å². The number of nitrogens with zero attached hydrogens (tertiary/aromatic N) is 2. The van der Waals surface area contributed by atoms with Crippen LogP contribution in [-0.2, 0) is 16.0 Å². The second-order valence-electron chi connectivity index (χ2n) is 7.30. The van der Waals surface area contributed by atoms with E-state index < -0.39 is 0 Å². The predicted molar refractivity (Wildman–Crippen MR) is 126 cm³/mol. The van der Waals surface area contributed by atoms with Crippen molar-refractivity contribution in [1.82, 2.24) is 4.90 Å². The molecule has 0 spiro atoms. The van der Waals surface area contributed by atoms with Crippen molar-refractivity contribution in [2.45, 2.75) is 6.42 Å². The first-order valence-corrected chi connectivity index (χ1v) is 11.1. The van der Waals surface area contributed by atoms with Crippen LogP contribution in [0.4, 0.5) is 5.69 Å². The second kappa shape index (κ2) is 9.28. The lowest BCUT2D eigenvalue weighted by atomic mass is 10.1. The van der Waals surface area contributed by atoms with Crippen LogP contribution in [0.15, 0.2) is 71.7 Å². The standard InChI is InChI=1S/C25H24N2O4S/c1-26(18-8-5-4-6-9-18)23-22(21-10-7-15-32-21)24(28)27(25(23)29)14-13-17-11-12-19(30-2)20(16-17)31-3/h4-12,15-16H,13-14H2,1-3H3. The molecule has 0 saturated carbocycles. The third-order valence-corrected chi connectivity index (χ3v) is 6.35. The molecule has 164 valence electrons. The number of hydrogen-bond donors (Lipinski definition) is 0. The molecule has 0 radical (unpaired) electrons. The first-order valence-electron chi connectivity index (χ1n) is 10.2. The number of anilines is 1. The molecule has 1 aromatic heterocycles. The summed E-state index contributed by atoms with van der Waals surface area (Å²) in [4.78, 5) is 30.8. The average Bonchev–Trinajstić information content (AvgIpc) is 3.44. The number of para-hydroxylation sites is 1. The average molecular weight is 449 g/mol. The number of methoxy groups -OCH3 is 2. The zero-order valence-corrected chi connectivity index (χ0v) is 19.0. The first kappa shape index (κ1) is 21.6. The Bertz CT molecular complexity index is 1160. The van der Waals surface area contributed by atoms with Gasteiger partial charge in [0.25, 0.3) is 11.8 Å². The Morgan fingerprint density at radius 1 is 0.906 bits per heavy atom. The quantitative estimate of drug-likeness (QED) is 0.483. The Morgan fingerprint density at radius 2 is 1.66 bits per heavy atom. The highest BCUT2D eigenvalue weighted by molar-refractivity contribution is 7.11. The van der Waals surface area contributed by atoms with E-state index in [1.807, 2.05) is 73.1 Å². The largest absolute Gasteiger partial charge is 0.493 e. The van der Waals surface area contributed by atoms with Crippen LogP contribution < -0.4 is 14.4 Å². The van der Waals surface area contributed by atoms with Crippen molar-refractivity contribution in [3.8, 4) is 11.5 Å². The van der Waals surface area contributed by atoms with Crippen LogP contribution in [0.2, 0.25) is 0 Å². The molecule has 1 aliphatic heterocycles. The molecule has 0 aliphatic carbocycles. The van der Waals surface area contributed by atoms with E-state index in [0.717, 1.165) is 16.1 Å². The van der Waals surface area contributed by atoms with Crippen molar-refractivity contribution in [3.63, 3.8) is 0 Å². The monoisotopic (exact) mass is 448 g/mol. The number of carbonyl (C=O) groups is 2. The lowest BCUT2D eigenvalue weighted by molar-refractivity contribution is -0.136. The van der Waals surface area contributed by atoms with E-state index in [9.17, 15) is 9.59 Å². The predicted octanol–water partition coefficient (Wildman–Crippen LogP) is 4.22. The van der Waals surface area contributed by atoms with Gasteiger partial charge in [0.1, 0.15) is 5.70 Å². The van der Waals surface area contributed by atoms with Gasteiger partial charge in [0.05, 0.1) is 19.8 Å². The van der Waals surface area contributed by atoms with E-state index in [0.29, 0.717) is 29.2 Å². The second-order valence-corrected chi connectivity index (χ2v) is 8.24. The summed E-state index contributed by atoms with van der Waals surface area (Å²) in [6.07, 6.45) is 0.512. The first-order chi connectivity index (χ1) is 15.5. The summed E-state index contributed by atoms with van der Waals surface area (Å²) in [5, 5.41) is 1.91. The summed E-state index contributed by atoms with van der Waals surface area (Å²) in [6.45, 7) is 0.272. The molecule has 4 rings (SSSR count). The number of likely N-dealkylation sites (N-methyl/N-ethyl adjacent to an activating group) is 1. The highest BCUT2D eigenvalue weighted by atomic mass is 32.1. The van der Waals surface area contributed by atoms with Gasteiger partial charge in [-0.15, -0.1) is 11.3 Å². The number of ether oxygens (including phenoxy) is 2. The van der Waals surface area contributed by atoms with Gasteiger partial charge in [0, 0.05) is 24.2 Å². The Morgan fingerprint density at radius 3 is 2.31 bits per heavy atom. The number of carbonyl (C=O) groups excluding carboxylic acids is 2. The molecule has 2 amide bonds. The molecule has 32 heavy (non-hydrogen) atoms. The Hall–Kier alpha value is -3.58. The molecule has 7 heteroatoms. The normalized spacial score (nSPS) is 13.7. The van der Waals surface area contributed by atoms with Gasteiger partial charge in [-0.05, 0) is 47.7 Å². The minimum absolute atomic E-state index is 0.268. The molecule has 0 N–H and O–H groups in total. The van der Waals surface area contributed by atoms with Crippen LogP contribution >= 0.6 is 11.3 Å². The van der Waals surface area contributed by atoms with Crippen molar-refractivity contribution >= 4 is 34.4 Å². The number of rotatable bonds is 8. The topological polar surface area (TPSA) is 59.1 Å². The number of thiophene rings is 1. The summed E-state index contributed by atoms with van der Waals surface area (Å²) in [5.41, 5.74) is 2.64. The van der Waals surface area contributed by atoms with E-state index in [4.69, 9.17) is 9.47 Å². The fourth-order valence-electron chi connectivity index (χ4n) is 3.78. The molecule has 6 nitrogen and oxygen atoms in total. The molecule has 1 aliphatic rings. The van der Waals surface area contributed by atoms with Gasteiger partial charge >= 0.3 is 0 Å². The van der Waals surface area contributed by atoms with Crippen LogP contribution in [-0.4, -0.2) is 44.5 Å². The van der Waals surface area contributed by atoms with Gasteiger partial charge in [-0.2, -0.15) is 0 Å². The van der Waals surface area contributed by atoms with Crippen LogP contribution in [0.5, 0.6) is 11.5 Å². The number of imide groups is 1. The van der Waals surface area contributed by atoms with Gasteiger partial charge in [-0.1, -0.05) is 30.3 Å². The van der Waals surface area contributed by atoms with E-state index in [1.54, 1.807) is 19.1 Å². The summed E-state index contributed by atoms with van der Waals surface area (Å²) in [6, 6.07) is 19.0. The Labute approximate surface area is 191 Å². The summed E-state index contributed by atoms with van der Waals surface area (Å²) >= 11 is 1.45. The Kier molecular flexibility index (Phi) is 6.28. The zero-order valence-electron chi connectivity index (χ0n) is 18.2. The lowest BCUT2D eigenvalue weighted by Gasteiger charge is -2.21. The van der Waals surface area contributed by atoms with Crippen molar-refractivity contribution < 1.29 is 19.1 Å². The van der Waals surface area contributed by atoms with Crippen LogP contribution in [0, 0.1) is 0 Å². The molecule has 3 aromatic rings. The fourth-order valence-corrected chi connectivity index (χ4v) is 4.54. The SMILES string of the molecule is COc1ccc(CCN2C(=O)C(c3cccs3)=C(N(C)c3ccccc3)C2=O)cc1OC. The van der Waals surface area contributed by atoms with E-state index >= 15 is 0 Å². The van der Waals surface area contributed by atoms with Gasteiger partial charge in [-0.3, -0.25) is 14.5 Å². The molecule has 0 saturated heterocycles. The number of benzene rings is 2. The lowest BCUT2D eigenvalue weighted by Crippen LogP contribution is -2.35. The van der Waals surface area contributed by atoms with Crippen LogP contribution in [0.3, 0.4) is 0 Å². The van der Waals surface area contributed by atoms with Gasteiger partial charge < -0.3 is 14.4 Å². The Balaban J connectivity index is 1.62. The zero-order chi connectivity index (χ0) is 22.7. The number of amides is 2. The van der Waals surface area contributed by atoms with Crippen molar-refractivity contribution in [3.05, 3.63) is 82.2 Å². The fraction of sp³-hybridized carbons (Fsp3) is 0.200. The maximum atomic E-state index is 13.4. The molecule has 0 bridgehead atoms. The third kappa shape index (κ3) is 3.99.